The summed E-state index contributed by atoms with van der Waals surface area (Å²) in [4.78, 5) is 29.7. The summed E-state index contributed by atoms with van der Waals surface area (Å²) in [6.45, 7) is 3.63. The van der Waals surface area contributed by atoms with Crippen LogP contribution in [0.5, 0.6) is 5.75 Å². The fourth-order valence-corrected chi connectivity index (χ4v) is 6.59. The lowest BCUT2D eigenvalue weighted by molar-refractivity contribution is -0.140. The number of nitrogens with one attached hydrogen (secondary N) is 1. The average molecular weight is 683 g/mol. The van der Waals surface area contributed by atoms with Gasteiger partial charge in [-0.25, -0.2) is 8.42 Å². The van der Waals surface area contributed by atoms with E-state index in [0.717, 1.165) is 15.4 Å². The summed E-state index contributed by atoms with van der Waals surface area (Å²) < 4.78 is 34.7. The van der Waals surface area contributed by atoms with Gasteiger partial charge in [-0.2, -0.15) is 0 Å². The molecular weight excluding hydrogens is 645 g/mol. The number of aryl methyl sites for hydroxylation is 1. The molecule has 0 saturated carbocycles. The second-order valence-corrected chi connectivity index (χ2v) is 13.5. The second kappa shape index (κ2) is 16.0. The van der Waals surface area contributed by atoms with Crippen molar-refractivity contribution in [3.63, 3.8) is 0 Å². The van der Waals surface area contributed by atoms with Crippen LogP contribution in [-0.2, 0) is 32.6 Å². The number of carbonyl (C=O) groups is 2. The number of hydrogen-bond acceptors (Lipinski definition) is 5. The second-order valence-electron chi connectivity index (χ2n) is 10.8. The molecule has 11 heteroatoms. The number of anilines is 1. The largest absolute Gasteiger partial charge is 0.497 e. The number of nitrogens with zero attached hydrogens (tertiary/aromatic N) is 2. The highest BCUT2D eigenvalue weighted by Gasteiger charge is 2.34. The van der Waals surface area contributed by atoms with Gasteiger partial charge in [0.1, 0.15) is 18.3 Å². The van der Waals surface area contributed by atoms with Crippen LogP contribution in [0, 0.1) is 6.92 Å². The van der Waals surface area contributed by atoms with Gasteiger partial charge in [0.05, 0.1) is 27.7 Å². The molecule has 0 heterocycles. The van der Waals surface area contributed by atoms with Gasteiger partial charge in [-0.1, -0.05) is 90.3 Å². The molecular formula is C35H37Cl2N3O5S. The third-order valence-corrected chi connectivity index (χ3v) is 9.91. The topological polar surface area (TPSA) is 96.0 Å². The van der Waals surface area contributed by atoms with E-state index in [-0.39, 0.29) is 39.5 Å². The lowest BCUT2D eigenvalue weighted by atomic mass is 10.0. The molecule has 2 amide bonds. The molecule has 0 fully saturated rings. The lowest BCUT2D eigenvalue weighted by Gasteiger charge is -2.34. The molecule has 0 unspecified atom stereocenters. The Bertz CT molecular complexity index is 1750. The maximum absolute atomic E-state index is 14.5. The van der Waals surface area contributed by atoms with Crippen LogP contribution in [0.2, 0.25) is 10.0 Å². The van der Waals surface area contributed by atoms with Crippen LogP contribution >= 0.6 is 23.2 Å². The van der Waals surface area contributed by atoms with Crippen molar-refractivity contribution in [3.05, 3.63) is 124 Å². The van der Waals surface area contributed by atoms with Gasteiger partial charge >= 0.3 is 0 Å². The van der Waals surface area contributed by atoms with Crippen molar-refractivity contribution in [1.82, 2.24) is 10.2 Å². The van der Waals surface area contributed by atoms with Crippen molar-refractivity contribution in [3.8, 4) is 5.75 Å². The molecule has 0 spiro atoms. The summed E-state index contributed by atoms with van der Waals surface area (Å²) in [7, 11) is -2.72. The number of carbonyl (C=O) groups excluding carboxylic acids is 2. The molecule has 0 aliphatic heterocycles. The van der Waals surface area contributed by atoms with E-state index in [0.29, 0.717) is 24.3 Å². The van der Waals surface area contributed by atoms with Crippen LogP contribution in [0.3, 0.4) is 0 Å². The third kappa shape index (κ3) is 8.81. The van der Waals surface area contributed by atoms with Gasteiger partial charge in [-0.3, -0.25) is 13.9 Å². The van der Waals surface area contributed by atoms with E-state index in [4.69, 9.17) is 27.9 Å². The molecule has 0 aliphatic carbocycles. The van der Waals surface area contributed by atoms with Crippen molar-refractivity contribution >= 4 is 50.7 Å². The first-order valence-corrected chi connectivity index (χ1v) is 17.0. The normalized spacial score (nSPS) is 11.8. The van der Waals surface area contributed by atoms with Crippen LogP contribution in [0.1, 0.15) is 30.0 Å². The molecule has 8 nitrogen and oxygen atoms in total. The standard InChI is InChI=1S/C35H37Cl2N3O5S/c1-4-19-38-35(42)33(21-26-9-6-5-7-10-26)39(23-27-11-8-12-29(20-27)45-3)34(41)24-40(28-15-18-31(36)32(37)22-28)46(43,44)30-16-13-25(2)14-17-30/h5-18,20,22,33H,4,19,21,23-24H2,1-3H3,(H,38,42)/t33-/m0/s1. The highest BCUT2D eigenvalue weighted by atomic mass is 35.5. The van der Waals surface area contributed by atoms with Gasteiger partial charge in [0.25, 0.3) is 10.0 Å². The fraction of sp³-hybridized carbons (Fsp3) is 0.257. The molecule has 46 heavy (non-hydrogen) atoms. The Morgan fingerprint density at radius 1 is 0.870 bits per heavy atom. The molecule has 0 aliphatic rings. The molecule has 0 bridgehead atoms. The number of rotatable bonds is 14. The van der Waals surface area contributed by atoms with E-state index >= 15 is 0 Å². The smallest absolute Gasteiger partial charge is 0.264 e. The van der Waals surface area contributed by atoms with E-state index in [1.807, 2.05) is 50.2 Å². The summed E-state index contributed by atoms with van der Waals surface area (Å²) >= 11 is 12.5. The minimum absolute atomic E-state index is 0.00200. The Kier molecular flexibility index (Phi) is 12.1. The molecule has 4 aromatic carbocycles. The van der Waals surface area contributed by atoms with Gasteiger partial charge in [0.2, 0.25) is 11.8 Å². The van der Waals surface area contributed by atoms with Crippen LogP contribution in [0.15, 0.2) is 102 Å². The molecule has 1 N–H and O–H groups in total. The number of sulfonamides is 1. The summed E-state index contributed by atoms with van der Waals surface area (Å²) in [6.07, 6.45) is 0.914. The first kappa shape index (κ1) is 34.8. The molecule has 4 aromatic rings. The summed E-state index contributed by atoms with van der Waals surface area (Å²) in [5, 5.41) is 3.30. The van der Waals surface area contributed by atoms with Gasteiger partial charge in [-0.15, -0.1) is 0 Å². The Labute approximate surface area is 280 Å². The van der Waals surface area contributed by atoms with Gasteiger partial charge < -0.3 is 15.0 Å². The predicted molar refractivity (Wildman–Crippen MR) is 183 cm³/mol. The SMILES string of the molecule is CCCNC(=O)[C@H](Cc1ccccc1)N(Cc1cccc(OC)c1)C(=O)CN(c1ccc(Cl)c(Cl)c1)S(=O)(=O)c1ccc(C)cc1. The highest BCUT2D eigenvalue weighted by Crippen LogP contribution is 2.31. The van der Waals surface area contributed by atoms with E-state index in [9.17, 15) is 18.0 Å². The minimum Gasteiger partial charge on any atom is -0.497 e. The van der Waals surface area contributed by atoms with E-state index in [1.54, 1.807) is 37.4 Å². The summed E-state index contributed by atoms with van der Waals surface area (Å²) in [6, 6.07) is 26.3. The van der Waals surface area contributed by atoms with E-state index in [2.05, 4.69) is 5.32 Å². The predicted octanol–water partition coefficient (Wildman–Crippen LogP) is 6.67. The quantitative estimate of drug-likeness (QED) is 0.160. The van der Waals surface area contributed by atoms with Crippen molar-refractivity contribution in [1.29, 1.82) is 0 Å². The zero-order valence-electron chi connectivity index (χ0n) is 26.0. The van der Waals surface area contributed by atoms with E-state index in [1.165, 1.54) is 35.2 Å². The minimum atomic E-state index is -4.27. The Hall–Kier alpha value is -4.05. The van der Waals surface area contributed by atoms with Crippen LogP contribution < -0.4 is 14.4 Å². The molecule has 0 aromatic heterocycles. The number of halogens is 2. The zero-order valence-corrected chi connectivity index (χ0v) is 28.3. The summed E-state index contributed by atoms with van der Waals surface area (Å²) in [5.41, 5.74) is 2.58. The highest BCUT2D eigenvalue weighted by molar-refractivity contribution is 7.92. The molecule has 0 saturated heterocycles. The first-order chi connectivity index (χ1) is 22.0. The number of hydrogen-bond donors (Lipinski definition) is 1. The van der Waals surface area contributed by atoms with Crippen LogP contribution in [0.4, 0.5) is 5.69 Å². The average Bonchev–Trinajstić information content (AvgIpc) is 3.06. The molecule has 4 rings (SSSR count). The van der Waals surface area contributed by atoms with Crippen molar-refractivity contribution in [2.45, 2.75) is 44.2 Å². The van der Waals surface area contributed by atoms with Crippen LogP contribution in [0.25, 0.3) is 0 Å². The third-order valence-electron chi connectivity index (χ3n) is 7.39. The zero-order chi connectivity index (χ0) is 33.3. The fourth-order valence-electron chi connectivity index (χ4n) is 4.89. The first-order valence-electron chi connectivity index (χ1n) is 14.8. The van der Waals surface area contributed by atoms with Gasteiger partial charge in [0, 0.05) is 19.5 Å². The lowest BCUT2D eigenvalue weighted by Crippen LogP contribution is -2.53. The van der Waals surface area contributed by atoms with Gasteiger partial charge in [0.15, 0.2) is 0 Å². The Morgan fingerprint density at radius 2 is 1.57 bits per heavy atom. The monoisotopic (exact) mass is 681 g/mol. The Morgan fingerprint density at radius 3 is 2.22 bits per heavy atom. The Balaban J connectivity index is 1.82. The van der Waals surface area contributed by atoms with E-state index < -0.39 is 28.5 Å². The number of benzene rings is 4. The summed E-state index contributed by atoms with van der Waals surface area (Å²) in [5.74, 6) is -0.346. The van der Waals surface area contributed by atoms with Crippen LogP contribution in [-0.4, -0.2) is 51.4 Å². The maximum atomic E-state index is 14.5. The molecule has 0 radical (unpaired) electrons. The van der Waals surface area contributed by atoms with Crippen molar-refractivity contribution in [2.24, 2.45) is 0 Å². The van der Waals surface area contributed by atoms with Gasteiger partial charge in [-0.05, 0) is 66.9 Å². The molecule has 242 valence electrons. The van der Waals surface area contributed by atoms with Crippen molar-refractivity contribution in [2.75, 3.05) is 24.5 Å². The van der Waals surface area contributed by atoms with Crippen molar-refractivity contribution < 1.29 is 22.7 Å². The number of methoxy groups -OCH3 is 1. The molecule has 1 atom stereocenters. The number of ether oxygens (including phenoxy) is 1. The maximum Gasteiger partial charge on any atom is 0.264 e. The number of amides is 2.